The molecule has 0 spiro atoms. The minimum atomic E-state index is -4.22. The van der Waals surface area contributed by atoms with Gasteiger partial charge in [-0.05, 0) is 67.0 Å². The number of carbonyl (C=O) groups excluding carboxylic acids is 1. The molecule has 238 valence electrons. The summed E-state index contributed by atoms with van der Waals surface area (Å²) in [5.41, 5.74) is 0.864. The zero-order chi connectivity index (χ0) is 31.0. The third-order valence-corrected chi connectivity index (χ3v) is 8.97. The van der Waals surface area contributed by atoms with Gasteiger partial charge in [0.1, 0.15) is 5.75 Å². The van der Waals surface area contributed by atoms with Crippen LogP contribution in [0.5, 0.6) is 17.2 Å². The average molecular weight is 621 g/mol. The molecule has 0 aliphatic carbocycles. The van der Waals surface area contributed by atoms with E-state index in [4.69, 9.17) is 19.0 Å². The number of nitrogens with one attached hydrogen (secondary N) is 1. The minimum Gasteiger partial charge on any atom is -0.494 e. The summed E-state index contributed by atoms with van der Waals surface area (Å²) in [5, 5.41) is 13.0. The van der Waals surface area contributed by atoms with Crippen molar-refractivity contribution < 1.29 is 37.4 Å². The highest BCUT2D eigenvalue weighted by molar-refractivity contribution is 7.89. The van der Waals surface area contributed by atoms with Gasteiger partial charge in [-0.15, -0.1) is 0 Å². The van der Waals surface area contributed by atoms with Gasteiger partial charge in [-0.2, -0.15) is 0 Å². The van der Waals surface area contributed by atoms with Crippen LogP contribution in [0, 0.1) is 5.92 Å². The number of nitrogens with zero attached hydrogens (tertiary/aromatic N) is 3. The summed E-state index contributed by atoms with van der Waals surface area (Å²) in [5.74, 6) is 1.35. The van der Waals surface area contributed by atoms with E-state index < -0.39 is 28.3 Å². The summed E-state index contributed by atoms with van der Waals surface area (Å²) in [6.07, 6.45) is -0.673. The number of hydroxylamine groups is 1. The Morgan fingerprint density at radius 2 is 1.74 bits per heavy atom. The van der Waals surface area contributed by atoms with Gasteiger partial charge in [-0.25, -0.2) is 13.2 Å². The van der Waals surface area contributed by atoms with Gasteiger partial charge in [0.25, 0.3) is 10.0 Å². The molecule has 0 bridgehead atoms. The van der Waals surface area contributed by atoms with Gasteiger partial charge in [0.2, 0.25) is 6.79 Å². The summed E-state index contributed by atoms with van der Waals surface area (Å²) in [6, 6.07) is 11.0. The summed E-state index contributed by atoms with van der Waals surface area (Å²) >= 11 is 0. The molecule has 2 unspecified atom stereocenters. The molecular formula is C30H44N4O8S. The van der Waals surface area contributed by atoms with E-state index in [0.29, 0.717) is 29.0 Å². The fourth-order valence-corrected chi connectivity index (χ4v) is 6.17. The average Bonchev–Trinajstić information content (AvgIpc) is 3.44. The number of fused-ring (bicyclic) bond motifs is 1. The standard InChI is InChI=1S/C30H44N4O8S/c1-22(2)20-34(43(37,38)26-10-11-28-29(19-26)41-21-40-28)42-30(36)31-27(23(3)35)18-24-6-8-25(9-7-24)39-17-5-12-33-15-13-32(4)14-16-33/h6-11,19,22-23,27,35H,5,12-18,20-21H2,1-4H3,(H,31,36). The van der Waals surface area contributed by atoms with E-state index in [1.54, 1.807) is 6.92 Å². The normalized spacial score (nSPS) is 17.2. The van der Waals surface area contributed by atoms with Gasteiger partial charge in [0.05, 0.1) is 30.2 Å². The lowest BCUT2D eigenvalue weighted by Gasteiger charge is -2.32. The first-order chi connectivity index (χ1) is 20.5. The van der Waals surface area contributed by atoms with Crippen LogP contribution in [-0.4, -0.2) is 106 Å². The molecule has 1 amide bonds. The Morgan fingerprint density at radius 3 is 2.42 bits per heavy atom. The number of hydrogen-bond acceptors (Lipinski definition) is 10. The number of sulfonamides is 1. The number of ether oxygens (including phenoxy) is 3. The van der Waals surface area contributed by atoms with Crippen LogP contribution in [0.2, 0.25) is 0 Å². The van der Waals surface area contributed by atoms with Gasteiger partial charge in [0, 0.05) is 38.8 Å². The van der Waals surface area contributed by atoms with Crippen molar-refractivity contribution in [1.82, 2.24) is 19.6 Å². The minimum absolute atomic E-state index is 0.00110. The monoisotopic (exact) mass is 620 g/mol. The number of carbonyl (C=O) groups is 1. The lowest BCUT2D eigenvalue weighted by molar-refractivity contribution is -0.0323. The molecule has 4 rings (SSSR count). The van der Waals surface area contributed by atoms with E-state index in [2.05, 4.69) is 22.2 Å². The number of rotatable bonds is 14. The van der Waals surface area contributed by atoms with Crippen molar-refractivity contribution in [2.75, 3.05) is 59.7 Å². The summed E-state index contributed by atoms with van der Waals surface area (Å²) in [7, 11) is -2.07. The Hall–Kier alpha value is -3.10. The Labute approximate surface area is 254 Å². The predicted molar refractivity (Wildman–Crippen MR) is 161 cm³/mol. The summed E-state index contributed by atoms with van der Waals surface area (Å²) < 4.78 is 43.9. The van der Waals surface area contributed by atoms with Gasteiger partial charge in [-0.3, -0.25) is 0 Å². The van der Waals surface area contributed by atoms with Crippen molar-refractivity contribution in [2.24, 2.45) is 5.92 Å². The van der Waals surface area contributed by atoms with E-state index in [9.17, 15) is 18.3 Å². The maximum Gasteiger partial charge on any atom is 0.427 e. The maximum absolute atomic E-state index is 13.4. The Kier molecular flexibility index (Phi) is 11.5. The second-order valence-corrected chi connectivity index (χ2v) is 13.3. The molecule has 43 heavy (non-hydrogen) atoms. The molecule has 12 nitrogen and oxygen atoms in total. The summed E-state index contributed by atoms with van der Waals surface area (Å²) in [6.45, 7) is 11.1. The number of aliphatic hydroxyl groups excluding tert-OH is 1. The van der Waals surface area contributed by atoms with Gasteiger partial charge >= 0.3 is 6.09 Å². The molecule has 2 aliphatic heterocycles. The quantitative estimate of drug-likeness (QED) is 0.240. The Bertz CT molecular complexity index is 1300. The van der Waals surface area contributed by atoms with E-state index in [-0.39, 0.29) is 24.2 Å². The van der Waals surface area contributed by atoms with Crippen LogP contribution in [0.15, 0.2) is 47.4 Å². The molecule has 13 heteroatoms. The molecule has 1 fully saturated rings. The molecular weight excluding hydrogens is 576 g/mol. The van der Waals surface area contributed by atoms with E-state index >= 15 is 0 Å². The zero-order valence-corrected chi connectivity index (χ0v) is 26.2. The topological polar surface area (TPSA) is 130 Å². The second kappa shape index (κ2) is 15.1. The lowest BCUT2D eigenvalue weighted by atomic mass is 10.0. The van der Waals surface area contributed by atoms with Crippen molar-refractivity contribution in [2.45, 2.75) is 50.7 Å². The molecule has 2 aromatic carbocycles. The molecule has 2 aliphatic rings. The molecule has 0 aromatic heterocycles. The molecule has 0 radical (unpaired) electrons. The van der Waals surface area contributed by atoms with Crippen LogP contribution >= 0.6 is 0 Å². The SMILES string of the molecule is CC(C)CN(OC(=O)NC(Cc1ccc(OCCCN2CCN(C)CC2)cc1)C(C)O)S(=O)(=O)c1ccc2c(c1)OCO2. The summed E-state index contributed by atoms with van der Waals surface area (Å²) in [4.78, 5) is 22.9. The number of benzene rings is 2. The first kappa shape index (κ1) is 32.8. The van der Waals surface area contributed by atoms with Crippen molar-refractivity contribution in [3.63, 3.8) is 0 Å². The van der Waals surface area contributed by atoms with Crippen molar-refractivity contribution in [3.05, 3.63) is 48.0 Å². The first-order valence-electron chi connectivity index (χ1n) is 14.7. The number of aliphatic hydroxyl groups is 1. The number of hydrogen-bond donors (Lipinski definition) is 2. The maximum atomic E-state index is 13.4. The van der Waals surface area contributed by atoms with Crippen LogP contribution in [0.25, 0.3) is 0 Å². The highest BCUT2D eigenvalue weighted by Gasteiger charge is 2.32. The molecule has 1 saturated heterocycles. The molecule has 2 atom stereocenters. The van der Waals surface area contributed by atoms with Crippen LogP contribution in [-0.2, 0) is 21.3 Å². The fourth-order valence-electron chi connectivity index (χ4n) is 4.78. The number of piperazine rings is 1. The van der Waals surface area contributed by atoms with E-state index in [1.165, 1.54) is 18.2 Å². The van der Waals surface area contributed by atoms with Crippen LogP contribution in [0.4, 0.5) is 4.79 Å². The second-order valence-electron chi connectivity index (χ2n) is 11.5. The van der Waals surface area contributed by atoms with Crippen LogP contribution < -0.4 is 19.5 Å². The third-order valence-electron chi connectivity index (χ3n) is 7.36. The Balaban J connectivity index is 1.30. The predicted octanol–water partition coefficient (Wildman–Crippen LogP) is 2.71. The number of likely N-dealkylation sites (N-methyl/N-ethyl adjacent to an activating group) is 1. The highest BCUT2D eigenvalue weighted by Crippen LogP contribution is 2.34. The molecule has 2 N–H and O–H groups in total. The zero-order valence-electron chi connectivity index (χ0n) is 25.4. The Morgan fingerprint density at radius 1 is 1.05 bits per heavy atom. The fraction of sp³-hybridized carbons (Fsp3) is 0.567. The van der Waals surface area contributed by atoms with Crippen molar-refractivity contribution >= 4 is 16.1 Å². The van der Waals surface area contributed by atoms with Crippen molar-refractivity contribution in [1.29, 1.82) is 0 Å². The molecule has 2 aromatic rings. The van der Waals surface area contributed by atoms with Gasteiger partial charge in [-0.1, -0.05) is 26.0 Å². The molecule has 2 heterocycles. The van der Waals surface area contributed by atoms with Crippen molar-refractivity contribution in [3.8, 4) is 17.2 Å². The van der Waals surface area contributed by atoms with E-state index in [1.807, 2.05) is 38.1 Å². The van der Waals surface area contributed by atoms with Gasteiger partial charge in [0.15, 0.2) is 11.5 Å². The van der Waals surface area contributed by atoms with Crippen LogP contribution in [0.1, 0.15) is 32.8 Å². The van der Waals surface area contributed by atoms with Crippen LogP contribution in [0.3, 0.4) is 0 Å². The van der Waals surface area contributed by atoms with Gasteiger partial charge < -0.3 is 39.3 Å². The third kappa shape index (κ3) is 9.44. The van der Waals surface area contributed by atoms with E-state index in [0.717, 1.165) is 50.5 Å². The number of amides is 1. The highest BCUT2D eigenvalue weighted by atomic mass is 32.2. The lowest BCUT2D eigenvalue weighted by Crippen LogP contribution is -2.47. The molecule has 0 saturated carbocycles. The largest absolute Gasteiger partial charge is 0.494 e. The first-order valence-corrected chi connectivity index (χ1v) is 16.2. The smallest absolute Gasteiger partial charge is 0.427 e.